The van der Waals surface area contributed by atoms with E-state index in [9.17, 15) is 0 Å². The number of fused-ring (bicyclic) bond motifs is 1. The lowest BCUT2D eigenvalue weighted by Gasteiger charge is -2.37. The van der Waals surface area contributed by atoms with Crippen molar-refractivity contribution in [3.05, 3.63) is 35.5 Å². The van der Waals surface area contributed by atoms with Crippen LogP contribution < -0.4 is 10.6 Å². The van der Waals surface area contributed by atoms with Gasteiger partial charge in [-0.2, -0.15) is 5.10 Å². The molecule has 4 rings (SSSR count). The smallest absolute Gasteiger partial charge is 0.202 e. The lowest BCUT2D eigenvalue weighted by molar-refractivity contribution is 0.363. The minimum atomic E-state index is -0.0732. The van der Waals surface area contributed by atoms with Gasteiger partial charge in [-0.25, -0.2) is 9.97 Å². The van der Waals surface area contributed by atoms with Crippen molar-refractivity contribution in [2.75, 3.05) is 18.0 Å². The number of piperidine rings is 1. The summed E-state index contributed by atoms with van der Waals surface area (Å²) in [5.41, 5.74) is 12.2. The molecule has 3 heterocycles. The number of hydrogen-bond acceptors (Lipinski definition) is 5. The van der Waals surface area contributed by atoms with E-state index in [-0.39, 0.29) is 5.54 Å². The van der Waals surface area contributed by atoms with Gasteiger partial charge in [-0.05, 0) is 44.7 Å². The van der Waals surface area contributed by atoms with Gasteiger partial charge in [0.2, 0.25) is 5.65 Å². The van der Waals surface area contributed by atoms with E-state index in [0.717, 1.165) is 48.5 Å². The zero-order chi connectivity index (χ0) is 17.6. The van der Waals surface area contributed by atoms with Gasteiger partial charge in [0, 0.05) is 24.2 Å². The maximum Gasteiger partial charge on any atom is 0.202 e. The topological polar surface area (TPSA) is 83.7 Å². The van der Waals surface area contributed by atoms with Crippen LogP contribution in [-0.2, 0) is 0 Å². The Morgan fingerprint density at radius 3 is 2.72 bits per heavy atom. The number of aromatic nitrogens is 4. The molecule has 3 aromatic rings. The summed E-state index contributed by atoms with van der Waals surface area (Å²) in [4.78, 5) is 11.6. The van der Waals surface area contributed by atoms with Crippen LogP contribution in [0.4, 0.5) is 5.82 Å². The molecule has 0 amide bonds. The van der Waals surface area contributed by atoms with Gasteiger partial charge in [0.25, 0.3) is 0 Å². The molecule has 2 aromatic heterocycles. The van der Waals surface area contributed by atoms with Crippen molar-refractivity contribution < 1.29 is 0 Å². The number of aromatic amines is 1. The first-order chi connectivity index (χ1) is 11.9. The van der Waals surface area contributed by atoms with Crippen LogP contribution in [0.2, 0.25) is 0 Å². The van der Waals surface area contributed by atoms with Crippen LogP contribution in [0.5, 0.6) is 0 Å². The molecule has 6 nitrogen and oxygen atoms in total. The summed E-state index contributed by atoms with van der Waals surface area (Å²) in [6, 6.07) is 6.27. The minimum absolute atomic E-state index is 0.0732. The molecular formula is C19H24N6. The highest BCUT2D eigenvalue weighted by Gasteiger charge is 2.27. The van der Waals surface area contributed by atoms with Gasteiger partial charge in [-0.1, -0.05) is 18.2 Å². The summed E-state index contributed by atoms with van der Waals surface area (Å²) >= 11 is 0. The van der Waals surface area contributed by atoms with E-state index in [2.05, 4.69) is 59.1 Å². The van der Waals surface area contributed by atoms with E-state index in [1.165, 1.54) is 11.1 Å². The van der Waals surface area contributed by atoms with Crippen LogP contribution in [0.25, 0.3) is 22.4 Å². The highest BCUT2D eigenvalue weighted by molar-refractivity contribution is 5.89. The molecule has 0 saturated carbocycles. The Morgan fingerprint density at radius 1 is 1.20 bits per heavy atom. The van der Waals surface area contributed by atoms with Crippen molar-refractivity contribution in [1.82, 2.24) is 20.2 Å². The Morgan fingerprint density at radius 2 is 1.96 bits per heavy atom. The van der Waals surface area contributed by atoms with E-state index < -0.39 is 0 Å². The number of nitrogens with zero attached hydrogens (tertiary/aromatic N) is 4. The van der Waals surface area contributed by atoms with Gasteiger partial charge >= 0.3 is 0 Å². The number of anilines is 1. The number of benzene rings is 1. The van der Waals surface area contributed by atoms with Crippen molar-refractivity contribution in [1.29, 1.82) is 0 Å². The molecule has 0 aliphatic carbocycles. The lowest BCUT2D eigenvalue weighted by atomic mass is 9.91. The molecule has 6 heteroatoms. The van der Waals surface area contributed by atoms with Gasteiger partial charge in [0.05, 0.1) is 11.9 Å². The van der Waals surface area contributed by atoms with E-state index in [1.54, 1.807) is 0 Å². The first-order valence-corrected chi connectivity index (χ1v) is 8.76. The summed E-state index contributed by atoms with van der Waals surface area (Å²) in [7, 11) is 0. The van der Waals surface area contributed by atoms with E-state index in [0.29, 0.717) is 5.65 Å². The fourth-order valence-electron chi connectivity index (χ4n) is 3.40. The number of aryl methyl sites for hydroxylation is 1. The molecule has 1 saturated heterocycles. The monoisotopic (exact) mass is 336 g/mol. The van der Waals surface area contributed by atoms with Gasteiger partial charge in [0.15, 0.2) is 0 Å². The third kappa shape index (κ3) is 2.87. The number of hydrogen-bond donors (Lipinski definition) is 2. The van der Waals surface area contributed by atoms with Crippen LogP contribution in [0.1, 0.15) is 30.9 Å². The molecule has 1 fully saturated rings. The van der Waals surface area contributed by atoms with E-state index in [1.807, 2.05) is 6.20 Å². The number of H-pyrrole nitrogens is 1. The molecule has 0 bridgehead atoms. The van der Waals surface area contributed by atoms with Crippen LogP contribution >= 0.6 is 0 Å². The molecule has 1 aliphatic heterocycles. The molecule has 0 unspecified atom stereocenters. The zero-order valence-electron chi connectivity index (χ0n) is 15.0. The fourth-order valence-corrected chi connectivity index (χ4v) is 3.40. The van der Waals surface area contributed by atoms with Gasteiger partial charge in [0.1, 0.15) is 11.3 Å². The standard InChI is InChI=1S/C19H24N6/c1-12-5-4-6-14(13(12)2)16-17-18(24-23-16)22-15(11-21-17)25-9-7-19(3,20)8-10-25/h4-6,11H,7-10,20H2,1-3H3,(H,22,23,24). The molecular weight excluding hydrogens is 312 g/mol. The molecule has 0 atom stereocenters. The first kappa shape index (κ1) is 16.0. The zero-order valence-corrected chi connectivity index (χ0v) is 15.0. The van der Waals surface area contributed by atoms with Crippen molar-refractivity contribution in [3.8, 4) is 11.3 Å². The highest BCUT2D eigenvalue weighted by Crippen LogP contribution is 2.30. The average molecular weight is 336 g/mol. The Balaban J connectivity index is 1.69. The predicted octanol–water partition coefficient (Wildman–Crippen LogP) is 2.95. The second-order valence-corrected chi connectivity index (χ2v) is 7.39. The van der Waals surface area contributed by atoms with Crippen LogP contribution in [0, 0.1) is 13.8 Å². The average Bonchev–Trinajstić information content (AvgIpc) is 3.00. The molecule has 0 radical (unpaired) electrons. The van der Waals surface area contributed by atoms with E-state index in [4.69, 9.17) is 10.7 Å². The largest absolute Gasteiger partial charge is 0.355 e. The third-order valence-corrected chi connectivity index (χ3v) is 5.36. The number of rotatable bonds is 2. The first-order valence-electron chi connectivity index (χ1n) is 8.76. The lowest BCUT2D eigenvalue weighted by Crippen LogP contribution is -2.48. The Hall–Kier alpha value is -2.47. The third-order valence-electron chi connectivity index (χ3n) is 5.36. The van der Waals surface area contributed by atoms with Crippen LogP contribution in [0.15, 0.2) is 24.4 Å². The SMILES string of the molecule is Cc1cccc(-c2[nH]nc3nc(N4CCC(C)(N)CC4)cnc23)c1C. The second kappa shape index (κ2) is 5.81. The van der Waals surface area contributed by atoms with Gasteiger partial charge in [-0.3, -0.25) is 5.10 Å². The molecule has 1 aromatic carbocycles. The van der Waals surface area contributed by atoms with Gasteiger partial charge < -0.3 is 10.6 Å². The normalized spacial score (nSPS) is 17.2. The summed E-state index contributed by atoms with van der Waals surface area (Å²) in [5, 5.41) is 7.53. The summed E-state index contributed by atoms with van der Waals surface area (Å²) < 4.78 is 0. The molecule has 130 valence electrons. The summed E-state index contributed by atoms with van der Waals surface area (Å²) in [6.07, 6.45) is 3.77. The van der Waals surface area contributed by atoms with Crippen molar-refractivity contribution >= 4 is 17.0 Å². The van der Waals surface area contributed by atoms with Crippen LogP contribution in [0.3, 0.4) is 0 Å². The second-order valence-electron chi connectivity index (χ2n) is 7.39. The summed E-state index contributed by atoms with van der Waals surface area (Å²) in [6.45, 7) is 8.16. The Labute approximate surface area is 147 Å². The predicted molar refractivity (Wildman–Crippen MR) is 101 cm³/mol. The minimum Gasteiger partial charge on any atom is -0.355 e. The maximum absolute atomic E-state index is 6.22. The van der Waals surface area contributed by atoms with E-state index >= 15 is 0 Å². The molecule has 0 spiro atoms. The number of nitrogens with two attached hydrogens (primary N) is 1. The molecule has 1 aliphatic rings. The fraction of sp³-hybridized carbons (Fsp3) is 0.421. The maximum atomic E-state index is 6.22. The molecule has 25 heavy (non-hydrogen) atoms. The van der Waals surface area contributed by atoms with Crippen molar-refractivity contribution in [2.45, 2.75) is 39.2 Å². The highest BCUT2D eigenvalue weighted by atomic mass is 15.2. The number of nitrogens with one attached hydrogen (secondary N) is 1. The van der Waals surface area contributed by atoms with Crippen molar-refractivity contribution in [3.63, 3.8) is 0 Å². The van der Waals surface area contributed by atoms with Gasteiger partial charge in [-0.15, -0.1) is 0 Å². The van der Waals surface area contributed by atoms with Crippen molar-refractivity contribution in [2.24, 2.45) is 5.73 Å². The Bertz CT molecular complexity index is 917. The van der Waals surface area contributed by atoms with Crippen LogP contribution in [-0.4, -0.2) is 38.8 Å². The molecule has 3 N–H and O–H groups in total. The Kier molecular flexibility index (Phi) is 3.72. The quantitative estimate of drug-likeness (QED) is 0.752. The summed E-state index contributed by atoms with van der Waals surface area (Å²) in [5.74, 6) is 0.877.